The summed E-state index contributed by atoms with van der Waals surface area (Å²) in [5.74, 6) is -2.85. The van der Waals surface area contributed by atoms with Gasteiger partial charge in [-0.2, -0.15) is 13.2 Å². The van der Waals surface area contributed by atoms with Gasteiger partial charge >= 0.3 is 6.18 Å². The van der Waals surface area contributed by atoms with Gasteiger partial charge < -0.3 is 21.0 Å². The predicted octanol–water partition coefficient (Wildman–Crippen LogP) is 1.32. The minimum atomic E-state index is -4.55. The minimum absolute atomic E-state index is 0.184. The van der Waals surface area contributed by atoms with Crippen LogP contribution < -0.4 is 11.1 Å². The number of oxime groups is 1. The highest BCUT2D eigenvalue weighted by atomic mass is 19.4. The van der Waals surface area contributed by atoms with Gasteiger partial charge in [-0.05, 0) is 6.42 Å². The predicted molar refractivity (Wildman–Crippen MR) is 61.5 cm³/mol. The smallest absolute Gasteiger partial charge is 0.400 e. The highest BCUT2D eigenvalue weighted by molar-refractivity contribution is 5.83. The number of amidine groups is 1. The van der Waals surface area contributed by atoms with E-state index >= 15 is 0 Å². The molecular weight excluding hydrogens is 251 g/mol. The van der Waals surface area contributed by atoms with E-state index in [0.29, 0.717) is 13.0 Å². The van der Waals surface area contributed by atoms with Gasteiger partial charge in [0.15, 0.2) is 5.84 Å². The van der Waals surface area contributed by atoms with Gasteiger partial charge in [0.25, 0.3) is 0 Å². The lowest BCUT2D eigenvalue weighted by Crippen LogP contribution is -2.46. The van der Waals surface area contributed by atoms with E-state index in [9.17, 15) is 13.2 Å². The van der Waals surface area contributed by atoms with Gasteiger partial charge in [0, 0.05) is 19.7 Å². The molecule has 5 nitrogen and oxygen atoms in total. The summed E-state index contributed by atoms with van der Waals surface area (Å²) in [5.41, 5.74) is 5.05. The van der Waals surface area contributed by atoms with Gasteiger partial charge in [-0.25, -0.2) is 0 Å². The van der Waals surface area contributed by atoms with Crippen LogP contribution in [0.15, 0.2) is 5.16 Å². The average molecular weight is 271 g/mol. The number of nitrogens with two attached hydrogens (primary N) is 1. The largest absolute Gasteiger partial charge is 0.409 e. The number of ether oxygens (including phenoxy) is 1. The zero-order valence-electron chi connectivity index (χ0n) is 10.5. The van der Waals surface area contributed by atoms with E-state index in [1.165, 1.54) is 7.11 Å². The molecular formula is C10H20F3N3O2. The van der Waals surface area contributed by atoms with Gasteiger partial charge in [0.2, 0.25) is 0 Å². The van der Waals surface area contributed by atoms with Crippen molar-refractivity contribution >= 4 is 5.84 Å². The molecule has 0 radical (unpaired) electrons. The molecule has 0 aliphatic heterocycles. The summed E-state index contributed by atoms with van der Waals surface area (Å²) in [5, 5.41) is 13.5. The lowest BCUT2D eigenvalue weighted by molar-refractivity contribution is -0.155. The van der Waals surface area contributed by atoms with Gasteiger partial charge in [0.1, 0.15) is 5.92 Å². The van der Waals surface area contributed by atoms with E-state index in [2.05, 4.69) is 10.5 Å². The first-order valence-corrected chi connectivity index (χ1v) is 5.63. The maximum absolute atomic E-state index is 12.6. The first kappa shape index (κ1) is 17.0. The molecule has 0 saturated carbocycles. The van der Waals surface area contributed by atoms with Crippen LogP contribution in [0.25, 0.3) is 0 Å². The topological polar surface area (TPSA) is 79.9 Å². The van der Waals surface area contributed by atoms with E-state index in [0.717, 1.165) is 6.42 Å². The molecule has 0 aliphatic carbocycles. The molecule has 0 rings (SSSR count). The van der Waals surface area contributed by atoms with Crippen molar-refractivity contribution in [3.63, 3.8) is 0 Å². The Morgan fingerprint density at radius 3 is 2.50 bits per heavy atom. The lowest BCUT2D eigenvalue weighted by Gasteiger charge is -2.23. The number of hydrogen-bond donors (Lipinski definition) is 3. The summed E-state index contributed by atoms with van der Waals surface area (Å²) in [6.45, 7) is 1.80. The molecule has 8 heteroatoms. The van der Waals surface area contributed by atoms with Crippen LogP contribution in [0.5, 0.6) is 0 Å². The monoisotopic (exact) mass is 271 g/mol. The highest BCUT2D eigenvalue weighted by Gasteiger charge is 2.42. The zero-order valence-corrected chi connectivity index (χ0v) is 10.5. The fraction of sp³-hybridized carbons (Fsp3) is 0.900. The Bertz CT molecular complexity index is 253. The molecule has 0 aromatic carbocycles. The molecule has 2 atom stereocenters. The Hall–Kier alpha value is -1.02. The summed E-state index contributed by atoms with van der Waals surface area (Å²) < 4.78 is 42.8. The highest BCUT2D eigenvalue weighted by Crippen LogP contribution is 2.26. The fourth-order valence-electron chi connectivity index (χ4n) is 1.54. The molecule has 0 fully saturated rings. The number of methoxy groups -OCH3 is 1. The number of rotatable bonds is 8. The van der Waals surface area contributed by atoms with Crippen molar-refractivity contribution in [1.82, 2.24) is 5.32 Å². The van der Waals surface area contributed by atoms with Crippen molar-refractivity contribution < 1.29 is 23.1 Å². The normalized spacial score (nSPS) is 16.6. The standard InChI is InChI=1S/C10H20F3N3O2/c1-3-4-7(6-18-2)15-5-8(9(14)16-17)10(11,12)13/h7-8,15,17H,3-6H2,1-2H3,(H2,14,16). The van der Waals surface area contributed by atoms with E-state index in [4.69, 9.17) is 15.7 Å². The molecule has 18 heavy (non-hydrogen) atoms. The molecule has 0 heterocycles. The van der Waals surface area contributed by atoms with Crippen molar-refractivity contribution in [2.75, 3.05) is 20.3 Å². The number of hydrogen-bond acceptors (Lipinski definition) is 4. The fourth-order valence-corrected chi connectivity index (χ4v) is 1.54. The van der Waals surface area contributed by atoms with Crippen molar-refractivity contribution in [1.29, 1.82) is 0 Å². The Balaban J connectivity index is 4.50. The van der Waals surface area contributed by atoms with Crippen molar-refractivity contribution in [3.05, 3.63) is 0 Å². The molecule has 0 aliphatic rings. The quantitative estimate of drug-likeness (QED) is 0.269. The third kappa shape index (κ3) is 6.06. The van der Waals surface area contributed by atoms with E-state index in [-0.39, 0.29) is 6.04 Å². The van der Waals surface area contributed by atoms with Gasteiger partial charge in [0.05, 0.1) is 6.61 Å². The average Bonchev–Trinajstić information content (AvgIpc) is 2.27. The molecule has 0 spiro atoms. The summed E-state index contributed by atoms with van der Waals surface area (Å²) in [6, 6.07) is -0.184. The van der Waals surface area contributed by atoms with Crippen molar-refractivity contribution in [2.24, 2.45) is 16.8 Å². The first-order chi connectivity index (χ1) is 8.36. The lowest BCUT2D eigenvalue weighted by atomic mass is 10.1. The summed E-state index contributed by atoms with van der Waals surface area (Å²) in [6.07, 6.45) is -3.04. The van der Waals surface area contributed by atoms with Crippen LogP contribution in [0.3, 0.4) is 0 Å². The molecule has 0 saturated heterocycles. The second-order valence-corrected chi connectivity index (χ2v) is 3.97. The maximum atomic E-state index is 12.6. The number of alkyl halides is 3. The van der Waals surface area contributed by atoms with Crippen LogP contribution in [-0.4, -0.2) is 43.5 Å². The molecule has 4 N–H and O–H groups in total. The van der Waals surface area contributed by atoms with Crippen LogP contribution in [0.2, 0.25) is 0 Å². The number of nitrogens with one attached hydrogen (secondary N) is 1. The molecule has 108 valence electrons. The Morgan fingerprint density at radius 2 is 2.11 bits per heavy atom. The van der Waals surface area contributed by atoms with E-state index in [1.54, 1.807) is 0 Å². The van der Waals surface area contributed by atoms with Crippen LogP contribution >= 0.6 is 0 Å². The third-order valence-electron chi connectivity index (χ3n) is 2.48. The molecule has 0 amide bonds. The second-order valence-electron chi connectivity index (χ2n) is 3.97. The van der Waals surface area contributed by atoms with Crippen molar-refractivity contribution in [3.8, 4) is 0 Å². The third-order valence-corrected chi connectivity index (χ3v) is 2.48. The van der Waals surface area contributed by atoms with Crippen LogP contribution in [0.4, 0.5) is 13.2 Å². The van der Waals surface area contributed by atoms with Crippen LogP contribution in [-0.2, 0) is 4.74 Å². The zero-order chi connectivity index (χ0) is 14.2. The summed E-state index contributed by atoms with van der Waals surface area (Å²) in [7, 11) is 1.48. The SMILES string of the molecule is CCCC(COC)NCC(C(N)=NO)C(F)(F)F. The number of nitrogens with zero attached hydrogens (tertiary/aromatic N) is 1. The second kappa shape index (κ2) is 8.15. The van der Waals surface area contributed by atoms with Crippen LogP contribution in [0, 0.1) is 5.92 Å². The number of halogens is 3. The van der Waals surface area contributed by atoms with Gasteiger partial charge in [-0.1, -0.05) is 18.5 Å². The maximum Gasteiger partial charge on any atom is 0.400 e. The molecule has 2 unspecified atom stereocenters. The van der Waals surface area contributed by atoms with E-state index < -0.39 is 24.5 Å². The molecule has 0 aromatic rings. The molecule has 0 aromatic heterocycles. The van der Waals surface area contributed by atoms with Crippen molar-refractivity contribution in [2.45, 2.75) is 32.0 Å². The first-order valence-electron chi connectivity index (χ1n) is 5.63. The van der Waals surface area contributed by atoms with Crippen LogP contribution in [0.1, 0.15) is 19.8 Å². The molecule has 0 bridgehead atoms. The van der Waals surface area contributed by atoms with E-state index in [1.807, 2.05) is 6.92 Å². The Labute approximate surface area is 104 Å². The summed E-state index contributed by atoms with van der Waals surface area (Å²) in [4.78, 5) is 0. The minimum Gasteiger partial charge on any atom is -0.409 e. The Kier molecular flexibility index (Phi) is 7.69. The Morgan fingerprint density at radius 1 is 1.50 bits per heavy atom. The summed E-state index contributed by atoms with van der Waals surface area (Å²) >= 11 is 0. The van der Waals surface area contributed by atoms with Gasteiger partial charge in [-0.3, -0.25) is 0 Å². The van der Waals surface area contributed by atoms with Gasteiger partial charge in [-0.15, -0.1) is 0 Å².